The highest BCUT2D eigenvalue weighted by Crippen LogP contribution is 2.17. The Bertz CT molecular complexity index is 836. The monoisotopic (exact) mass is 354 g/mol. The predicted octanol–water partition coefficient (Wildman–Crippen LogP) is 3.31. The van der Waals surface area contributed by atoms with E-state index in [9.17, 15) is 4.79 Å². The molecule has 7 heteroatoms. The zero-order chi connectivity index (χ0) is 17.5. The molecule has 0 aliphatic heterocycles. The first kappa shape index (κ1) is 17.0. The number of nitrogens with one attached hydrogen (secondary N) is 1. The van der Waals surface area contributed by atoms with Crippen molar-refractivity contribution in [2.45, 2.75) is 19.9 Å². The second kappa shape index (κ2) is 8.34. The molecule has 3 aromatic rings. The fourth-order valence-electron chi connectivity index (χ4n) is 2.28. The molecule has 0 amide bonds. The SMILES string of the molecule is CCOC(=O)c1cncnc1NCc1csc(Cc2ccccc2)n1. The lowest BCUT2D eigenvalue weighted by atomic mass is 10.2. The Hall–Kier alpha value is -2.80. The van der Waals surface area contributed by atoms with Crippen molar-refractivity contribution >= 4 is 23.1 Å². The number of thiazole rings is 1. The van der Waals surface area contributed by atoms with Crippen LogP contribution in [-0.2, 0) is 17.7 Å². The molecule has 3 rings (SSSR count). The van der Waals surface area contributed by atoms with Gasteiger partial charge in [-0.25, -0.2) is 19.7 Å². The van der Waals surface area contributed by atoms with Crippen molar-refractivity contribution < 1.29 is 9.53 Å². The van der Waals surface area contributed by atoms with Gasteiger partial charge in [-0.2, -0.15) is 0 Å². The van der Waals surface area contributed by atoms with Crippen molar-refractivity contribution in [3.8, 4) is 0 Å². The van der Waals surface area contributed by atoms with Crippen LogP contribution in [0.3, 0.4) is 0 Å². The molecule has 6 nitrogen and oxygen atoms in total. The number of benzene rings is 1. The van der Waals surface area contributed by atoms with Gasteiger partial charge in [0.25, 0.3) is 0 Å². The summed E-state index contributed by atoms with van der Waals surface area (Å²) in [4.78, 5) is 24.6. The maximum absolute atomic E-state index is 11.9. The molecule has 0 spiro atoms. The number of hydrogen-bond acceptors (Lipinski definition) is 7. The van der Waals surface area contributed by atoms with Crippen LogP contribution in [0.25, 0.3) is 0 Å². The molecular weight excluding hydrogens is 336 g/mol. The molecule has 0 atom stereocenters. The molecule has 0 saturated heterocycles. The normalized spacial score (nSPS) is 10.4. The summed E-state index contributed by atoms with van der Waals surface area (Å²) in [6.45, 7) is 2.55. The lowest BCUT2D eigenvalue weighted by Gasteiger charge is -2.08. The second-order valence-electron chi connectivity index (χ2n) is 5.25. The Kier molecular flexibility index (Phi) is 5.69. The minimum absolute atomic E-state index is 0.308. The highest BCUT2D eigenvalue weighted by Gasteiger charge is 2.14. The summed E-state index contributed by atoms with van der Waals surface area (Å²) in [5.74, 6) is 0.0136. The Morgan fingerprint density at radius 1 is 1.28 bits per heavy atom. The second-order valence-corrected chi connectivity index (χ2v) is 6.20. The topological polar surface area (TPSA) is 77.0 Å². The fourth-order valence-corrected chi connectivity index (χ4v) is 3.11. The van der Waals surface area contributed by atoms with Crippen molar-refractivity contribution in [1.82, 2.24) is 15.0 Å². The first-order valence-electron chi connectivity index (χ1n) is 7.94. The predicted molar refractivity (Wildman–Crippen MR) is 96.7 cm³/mol. The third kappa shape index (κ3) is 4.60. The Balaban J connectivity index is 1.64. The molecule has 0 radical (unpaired) electrons. The molecule has 0 aliphatic carbocycles. The molecule has 1 aromatic carbocycles. The van der Waals surface area contributed by atoms with Gasteiger partial charge < -0.3 is 10.1 Å². The molecule has 2 heterocycles. The van der Waals surface area contributed by atoms with Gasteiger partial charge in [0, 0.05) is 18.0 Å². The molecule has 0 saturated carbocycles. The quantitative estimate of drug-likeness (QED) is 0.656. The first-order chi connectivity index (χ1) is 12.3. The van der Waals surface area contributed by atoms with Gasteiger partial charge in [-0.3, -0.25) is 0 Å². The zero-order valence-electron chi connectivity index (χ0n) is 13.8. The van der Waals surface area contributed by atoms with E-state index in [4.69, 9.17) is 4.74 Å². The van der Waals surface area contributed by atoms with Gasteiger partial charge in [0.2, 0.25) is 0 Å². The van der Waals surface area contributed by atoms with Gasteiger partial charge >= 0.3 is 5.97 Å². The summed E-state index contributed by atoms with van der Waals surface area (Å²) >= 11 is 1.62. The van der Waals surface area contributed by atoms with Crippen LogP contribution in [0.15, 0.2) is 48.2 Å². The van der Waals surface area contributed by atoms with E-state index in [-0.39, 0.29) is 0 Å². The van der Waals surface area contributed by atoms with Crippen LogP contribution in [0.1, 0.15) is 33.5 Å². The van der Waals surface area contributed by atoms with Crippen LogP contribution in [0.5, 0.6) is 0 Å². The van der Waals surface area contributed by atoms with Crippen LogP contribution in [0.2, 0.25) is 0 Å². The van der Waals surface area contributed by atoms with Gasteiger partial charge in [0.15, 0.2) is 0 Å². The number of anilines is 1. The van der Waals surface area contributed by atoms with Gasteiger partial charge in [-0.15, -0.1) is 11.3 Å². The average molecular weight is 354 g/mol. The lowest BCUT2D eigenvalue weighted by molar-refractivity contribution is 0.0526. The van der Waals surface area contributed by atoms with E-state index in [2.05, 4.69) is 32.4 Å². The standard InChI is InChI=1S/C18H18N4O2S/c1-2-24-18(23)15-10-19-12-21-17(15)20-9-14-11-25-16(22-14)8-13-6-4-3-5-7-13/h3-7,10-12H,2,8-9H2,1H3,(H,19,20,21). The minimum Gasteiger partial charge on any atom is -0.462 e. The van der Waals surface area contributed by atoms with Gasteiger partial charge in [0.05, 0.1) is 23.9 Å². The van der Waals surface area contributed by atoms with Gasteiger partial charge in [0.1, 0.15) is 17.7 Å². The molecule has 0 aliphatic rings. The number of nitrogens with zero attached hydrogens (tertiary/aromatic N) is 3. The van der Waals surface area contributed by atoms with Crippen molar-refractivity contribution in [3.05, 3.63) is 70.1 Å². The highest BCUT2D eigenvalue weighted by atomic mass is 32.1. The Morgan fingerprint density at radius 2 is 2.12 bits per heavy atom. The van der Waals surface area contributed by atoms with Crippen LogP contribution in [-0.4, -0.2) is 27.5 Å². The van der Waals surface area contributed by atoms with Crippen LogP contribution in [0, 0.1) is 0 Å². The molecular formula is C18H18N4O2S. The average Bonchev–Trinajstić information content (AvgIpc) is 3.08. The fraction of sp³-hybridized carbons (Fsp3) is 0.222. The number of aromatic nitrogens is 3. The summed E-state index contributed by atoms with van der Waals surface area (Å²) in [6.07, 6.45) is 3.66. The molecule has 25 heavy (non-hydrogen) atoms. The van der Waals surface area contributed by atoms with E-state index in [1.165, 1.54) is 18.1 Å². The van der Waals surface area contributed by atoms with Crippen LogP contribution < -0.4 is 5.32 Å². The van der Waals surface area contributed by atoms with E-state index in [0.29, 0.717) is 24.5 Å². The lowest BCUT2D eigenvalue weighted by Crippen LogP contribution is -2.12. The summed E-state index contributed by atoms with van der Waals surface area (Å²) in [7, 11) is 0. The largest absolute Gasteiger partial charge is 0.462 e. The zero-order valence-corrected chi connectivity index (χ0v) is 14.6. The molecule has 0 bridgehead atoms. The third-order valence-corrected chi connectivity index (χ3v) is 4.34. The number of carbonyl (C=O) groups excluding carboxylic acids is 1. The maximum Gasteiger partial charge on any atom is 0.343 e. The summed E-state index contributed by atoms with van der Waals surface area (Å²) in [5, 5.41) is 6.20. The number of esters is 1. The van der Waals surface area contributed by atoms with E-state index >= 15 is 0 Å². The maximum atomic E-state index is 11.9. The molecule has 2 aromatic heterocycles. The minimum atomic E-state index is -0.436. The van der Waals surface area contributed by atoms with Gasteiger partial charge in [-0.05, 0) is 12.5 Å². The third-order valence-electron chi connectivity index (χ3n) is 3.44. The summed E-state index contributed by atoms with van der Waals surface area (Å²) in [6, 6.07) is 10.2. The van der Waals surface area contributed by atoms with Crippen molar-refractivity contribution in [1.29, 1.82) is 0 Å². The van der Waals surface area contributed by atoms with Crippen LogP contribution >= 0.6 is 11.3 Å². The molecule has 0 unspecified atom stereocenters. The van der Waals surface area contributed by atoms with E-state index < -0.39 is 5.97 Å². The van der Waals surface area contributed by atoms with Crippen molar-refractivity contribution in [2.24, 2.45) is 0 Å². The van der Waals surface area contributed by atoms with Crippen molar-refractivity contribution in [2.75, 3.05) is 11.9 Å². The Labute approximate surface area is 149 Å². The molecule has 1 N–H and O–H groups in total. The van der Waals surface area contributed by atoms with E-state index in [0.717, 1.165) is 17.1 Å². The molecule has 0 fully saturated rings. The van der Waals surface area contributed by atoms with Crippen molar-refractivity contribution in [3.63, 3.8) is 0 Å². The summed E-state index contributed by atoms with van der Waals surface area (Å²) in [5.41, 5.74) is 2.46. The number of rotatable bonds is 7. The van der Waals surface area contributed by atoms with E-state index in [1.807, 2.05) is 23.6 Å². The number of carbonyl (C=O) groups is 1. The summed E-state index contributed by atoms with van der Waals surface area (Å²) < 4.78 is 5.02. The van der Waals surface area contributed by atoms with Crippen LogP contribution in [0.4, 0.5) is 5.82 Å². The first-order valence-corrected chi connectivity index (χ1v) is 8.82. The highest BCUT2D eigenvalue weighted by molar-refractivity contribution is 7.09. The van der Waals surface area contributed by atoms with Gasteiger partial charge in [-0.1, -0.05) is 30.3 Å². The number of ether oxygens (including phenoxy) is 1. The van der Waals surface area contributed by atoms with E-state index in [1.54, 1.807) is 18.3 Å². The number of hydrogen-bond donors (Lipinski definition) is 1. The molecule has 128 valence electrons. The Morgan fingerprint density at radius 3 is 2.92 bits per heavy atom. The smallest absolute Gasteiger partial charge is 0.343 e.